The van der Waals surface area contributed by atoms with Gasteiger partial charge in [0, 0.05) is 11.4 Å². The van der Waals surface area contributed by atoms with Gasteiger partial charge in [-0.15, -0.1) is 11.3 Å². The van der Waals surface area contributed by atoms with Gasteiger partial charge in [0.2, 0.25) is 0 Å². The number of nitro groups is 1. The minimum Gasteiger partial charge on any atom is -0.484 e. The molecule has 1 N–H and O–H groups in total. The quantitative estimate of drug-likeness (QED) is 0.616. The first-order valence-corrected chi connectivity index (χ1v) is 7.59. The number of nitrogens with one attached hydrogen (secondary N) is 1. The number of anilines is 1. The van der Waals surface area contributed by atoms with Crippen LogP contribution in [0.4, 0.5) is 11.4 Å². The Kier molecular flexibility index (Phi) is 5.03. The summed E-state index contributed by atoms with van der Waals surface area (Å²) in [5.74, 6) is 0.268. The Labute approximate surface area is 131 Å². The third-order valence-corrected chi connectivity index (χ3v) is 3.86. The summed E-state index contributed by atoms with van der Waals surface area (Å²) in [6, 6.07) is 8.69. The maximum absolute atomic E-state index is 11.3. The van der Waals surface area contributed by atoms with Crippen molar-refractivity contribution in [1.82, 2.24) is 0 Å². The van der Waals surface area contributed by atoms with E-state index in [0.717, 1.165) is 4.88 Å². The first-order chi connectivity index (χ1) is 9.97. The van der Waals surface area contributed by atoms with Gasteiger partial charge in [0.05, 0.1) is 15.4 Å². The van der Waals surface area contributed by atoms with Gasteiger partial charge in [0.15, 0.2) is 5.75 Å². The van der Waals surface area contributed by atoms with Crippen molar-refractivity contribution in [2.75, 3.05) is 5.32 Å². The van der Waals surface area contributed by atoms with Gasteiger partial charge in [-0.05, 0) is 38.1 Å². The summed E-state index contributed by atoms with van der Waals surface area (Å²) < 4.78 is 6.20. The van der Waals surface area contributed by atoms with Crippen LogP contribution in [0.5, 0.6) is 5.75 Å². The molecule has 0 saturated carbocycles. The van der Waals surface area contributed by atoms with Crippen LogP contribution in [-0.4, -0.2) is 11.0 Å². The number of halogens is 1. The zero-order chi connectivity index (χ0) is 15.4. The average Bonchev–Trinajstić information content (AvgIpc) is 2.81. The number of hydrogen-bond donors (Lipinski definition) is 1. The molecule has 2 aromatic rings. The Bertz CT molecular complexity index is 643. The fraction of sp³-hybridized carbons (Fsp3) is 0.286. The summed E-state index contributed by atoms with van der Waals surface area (Å²) in [7, 11) is 0. The Hall–Kier alpha value is -1.79. The van der Waals surface area contributed by atoms with Crippen molar-refractivity contribution in [2.24, 2.45) is 0 Å². The molecule has 0 aliphatic heterocycles. The normalized spacial score (nSPS) is 10.7. The molecule has 0 aliphatic carbocycles. The molecular formula is C14H15ClN2O3S. The van der Waals surface area contributed by atoms with Crippen molar-refractivity contribution in [2.45, 2.75) is 26.5 Å². The van der Waals surface area contributed by atoms with Crippen LogP contribution < -0.4 is 10.1 Å². The van der Waals surface area contributed by atoms with E-state index in [4.69, 9.17) is 16.3 Å². The molecule has 0 radical (unpaired) electrons. The van der Waals surface area contributed by atoms with E-state index >= 15 is 0 Å². The SMILES string of the molecule is CC(C)Oc1cccc(NCc2ccc(Cl)s2)c1[N+](=O)[O-]. The van der Waals surface area contributed by atoms with E-state index in [1.807, 2.05) is 19.9 Å². The van der Waals surface area contributed by atoms with Crippen LogP contribution >= 0.6 is 22.9 Å². The summed E-state index contributed by atoms with van der Waals surface area (Å²) in [5.41, 5.74) is 0.386. The third kappa shape index (κ3) is 4.09. The molecule has 0 amide bonds. The Balaban J connectivity index is 2.23. The van der Waals surface area contributed by atoms with E-state index in [1.165, 1.54) is 11.3 Å². The summed E-state index contributed by atoms with van der Waals surface area (Å²) in [5, 5.41) is 14.4. The van der Waals surface area contributed by atoms with Gasteiger partial charge in [0.1, 0.15) is 5.69 Å². The summed E-state index contributed by atoms with van der Waals surface area (Å²) in [6.07, 6.45) is -0.130. The van der Waals surface area contributed by atoms with Crippen LogP contribution in [0, 0.1) is 10.1 Å². The van der Waals surface area contributed by atoms with Crippen LogP contribution in [0.3, 0.4) is 0 Å². The van der Waals surface area contributed by atoms with Crippen molar-refractivity contribution in [3.05, 3.63) is 49.7 Å². The number of benzene rings is 1. The zero-order valence-electron chi connectivity index (χ0n) is 11.6. The van der Waals surface area contributed by atoms with Gasteiger partial charge >= 0.3 is 5.69 Å². The van der Waals surface area contributed by atoms with Gasteiger partial charge in [-0.3, -0.25) is 10.1 Å². The van der Waals surface area contributed by atoms with E-state index in [1.54, 1.807) is 24.3 Å². The molecule has 5 nitrogen and oxygen atoms in total. The number of ether oxygens (including phenoxy) is 1. The van der Waals surface area contributed by atoms with Crippen molar-refractivity contribution in [1.29, 1.82) is 0 Å². The molecule has 0 atom stereocenters. The fourth-order valence-electron chi connectivity index (χ4n) is 1.83. The molecule has 0 bridgehead atoms. The van der Waals surface area contributed by atoms with Gasteiger partial charge in [0.25, 0.3) is 0 Å². The molecule has 1 aromatic carbocycles. The molecule has 21 heavy (non-hydrogen) atoms. The smallest absolute Gasteiger partial charge is 0.333 e. The van der Waals surface area contributed by atoms with Crippen LogP contribution in [-0.2, 0) is 6.54 Å². The van der Waals surface area contributed by atoms with Crippen molar-refractivity contribution < 1.29 is 9.66 Å². The molecule has 0 unspecified atom stereocenters. The number of rotatable bonds is 6. The zero-order valence-corrected chi connectivity index (χ0v) is 13.2. The Morgan fingerprint density at radius 1 is 1.38 bits per heavy atom. The minimum absolute atomic E-state index is 0.0474. The monoisotopic (exact) mass is 326 g/mol. The lowest BCUT2D eigenvalue weighted by molar-refractivity contribution is -0.385. The molecule has 1 heterocycles. The molecule has 1 aromatic heterocycles. The highest BCUT2D eigenvalue weighted by Crippen LogP contribution is 2.36. The van der Waals surface area contributed by atoms with Crippen molar-refractivity contribution in [3.8, 4) is 5.75 Å². The maximum Gasteiger partial charge on any atom is 0.333 e. The standard InChI is InChI=1S/C14H15ClN2O3S/c1-9(2)20-12-5-3-4-11(14(12)17(18)19)16-8-10-6-7-13(15)21-10/h3-7,9,16H,8H2,1-2H3. The minimum atomic E-state index is -0.429. The number of nitro benzene ring substituents is 1. The van der Waals surface area contributed by atoms with Gasteiger partial charge in [-0.25, -0.2) is 0 Å². The molecular weight excluding hydrogens is 312 g/mol. The average molecular weight is 327 g/mol. The molecule has 112 valence electrons. The second kappa shape index (κ2) is 6.78. The van der Waals surface area contributed by atoms with Gasteiger partial charge in [-0.1, -0.05) is 17.7 Å². The summed E-state index contributed by atoms with van der Waals surface area (Å²) in [4.78, 5) is 11.9. The van der Waals surface area contributed by atoms with E-state index in [2.05, 4.69) is 5.32 Å². The third-order valence-electron chi connectivity index (χ3n) is 2.63. The summed E-state index contributed by atoms with van der Waals surface area (Å²) >= 11 is 7.31. The van der Waals surface area contributed by atoms with E-state index in [0.29, 0.717) is 16.6 Å². The highest BCUT2D eigenvalue weighted by Gasteiger charge is 2.21. The van der Waals surface area contributed by atoms with Crippen molar-refractivity contribution in [3.63, 3.8) is 0 Å². The van der Waals surface area contributed by atoms with Gasteiger partial charge in [-0.2, -0.15) is 0 Å². The highest BCUT2D eigenvalue weighted by molar-refractivity contribution is 7.16. The fourth-order valence-corrected chi connectivity index (χ4v) is 2.86. The Morgan fingerprint density at radius 2 is 2.14 bits per heavy atom. The second-order valence-corrected chi connectivity index (χ2v) is 6.44. The van der Waals surface area contributed by atoms with E-state index < -0.39 is 4.92 Å². The number of para-hydroxylation sites is 1. The van der Waals surface area contributed by atoms with Crippen LogP contribution in [0.2, 0.25) is 4.34 Å². The van der Waals surface area contributed by atoms with Crippen LogP contribution in [0.15, 0.2) is 30.3 Å². The molecule has 0 aliphatic rings. The predicted octanol–water partition coefficient (Wildman–Crippen LogP) is 4.71. The summed E-state index contributed by atoms with van der Waals surface area (Å²) in [6.45, 7) is 4.14. The molecule has 0 saturated heterocycles. The van der Waals surface area contributed by atoms with Gasteiger partial charge < -0.3 is 10.1 Å². The highest BCUT2D eigenvalue weighted by atomic mass is 35.5. The lowest BCUT2D eigenvalue weighted by Crippen LogP contribution is -2.09. The largest absolute Gasteiger partial charge is 0.484 e. The maximum atomic E-state index is 11.3. The van der Waals surface area contributed by atoms with Crippen LogP contribution in [0.25, 0.3) is 0 Å². The second-order valence-electron chi connectivity index (χ2n) is 4.64. The molecule has 2 rings (SSSR count). The van der Waals surface area contributed by atoms with Crippen molar-refractivity contribution >= 4 is 34.3 Å². The number of nitrogens with zero attached hydrogens (tertiary/aromatic N) is 1. The molecule has 7 heteroatoms. The molecule has 0 spiro atoms. The van der Waals surface area contributed by atoms with E-state index in [-0.39, 0.29) is 17.5 Å². The first-order valence-electron chi connectivity index (χ1n) is 6.39. The number of hydrogen-bond acceptors (Lipinski definition) is 5. The number of thiophene rings is 1. The molecule has 0 fully saturated rings. The predicted molar refractivity (Wildman–Crippen MR) is 85.5 cm³/mol. The Morgan fingerprint density at radius 3 is 2.71 bits per heavy atom. The van der Waals surface area contributed by atoms with E-state index in [9.17, 15) is 10.1 Å². The van der Waals surface area contributed by atoms with Crippen LogP contribution in [0.1, 0.15) is 18.7 Å². The first kappa shape index (κ1) is 15.6. The lowest BCUT2D eigenvalue weighted by Gasteiger charge is -2.12. The lowest BCUT2D eigenvalue weighted by atomic mass is 10.2. The topological polar surface area (TPSA) is 64.4 Å².